The van der Waals surface area contributed by atoms with Gasteiger partial charge in [-0.1, -0.05) is 0 Å². The van der Waals surface area contributed by atoms with Gasteiger partial charge in [0.1, 0.15) is 18.3 Å². The lowest BCUT2D eigenvalue weighted by molar-refractivity contribution is -0.143. The van der Waals surface area contributed by atoms with Gasteiger partial charge in [-0.05, 0) is 32.9 Å². The maximum absolute atomic E-state index is 15.0. The van der Waals surface area contributed by atoms with Gasteiger partial charge in [0, 0.05) is 11.3 Å². The molecule has 2 rings (SSSR count). The Labute approximate surface area is 173 Å². The highest BCUT2D eigenvalue weighted by molar-refractivity contribution is 6.00. The van der Waals surface area contributed by atoms with Crippen LogP contribution in [0.5, 0.6) is 0 Å². The number of carbonyl (C=O) groups is 2. The molecule has 0 aliphatic carbocycles. The number of dihydropyridines is 1. The minimum atomic E-state index is -5.27. The number of alkyl halides is 4. The van der Waals surface area contributed by atoms with E-state index in [1.165, 1.54) is 20.8 Å². The Kier molecular flexibility index (Phi) is 7.07. The quantitative estimate of drug-likeness (QED) is 0.535. The molecule has 31 heavy (non-hydrogen) atoms. The number of nitrogens with one attached hydrogen (secondary N) is 1. The van der Waals surface area contributed by atoms with Gasteiger partial charge in [0.15, 0.2) is 0 Å². The molecular formula is C20H19F6NO4. The Morgan fingerprint density at radius 3 is 2.23 bits per heavy atom. The predicted octanol–water partition coefficient (Wildman–Crippen LogP) is 4.29. The van der Waals surface area contributed by atoms with Crippen LogP contribution in [-0.2, 0) is 25.2 Å². The van der Waals surface area contributed by atoms with Crippen molar-refractivity contribution in [3.05, 3.63) is 57.4 Å². The molecule has 0 amide bonds. The first-order chi connectivity index (χ1) is 14.3. The molecule has 1 heterocycles. The highest BCUT2D eigenvalue weighted by atomic mass is 19.4. The van der Waals surface area contributed by atoms with Crippen molar-refractivity contribution in [2.75, 3.05) is 13.8 Å². The van der Waals surface area contributed by atoms with Gasteiger partial charge in [-0.25, -0.2) is 22.8 Å². The summed E-state index contributed by atoms with van der Waals surface area (Å²) >= 11 is 0. The number of hydrogen-bond acceptors (Lipinski definition) is 5. The number of carbonyl (C=O) groups excluding carboxylic acids is 2. The lowest BCUT2D eigenvalue weighted by atomic mass is 9.79. The minimum absolute atomic E-state index is 0.0554. The van der Waals surface area contributed by atoms with Crippen molar-refractivity contribution in [1.29, 1.82) is 0 Å². The van der Waals surface area contributed by atoms with Gasteiger partial charge in [-0.3, -0.25) is 0 Å². The SMILES string of the molecule is COC(=O)C1=C(CF)NC(C)=C(C(=O)OC(C)C)C1c1cc(F)cc(C(F)(F)F)c1F. The summed E-state index contributed by atoms with van der Waals surface area (Å²) in [5.41, 5.74) is -4.66. The first kappa shape index (κ1) is 24.3. The van der Waals surface area contributed by atoms with Crippen LogP contribution in [0.25, 0.3) is 0 Å². The fourth-order valence-electron chi connectivity index (χ4n) is 3.24. The molecule has 1 atom stereocenters. The number of ether oxygens (including phenoxy) is 2. The fraction of sp³-hybridized carbons (Fsp3) is 0.400. The van der Waals surface area contributed by atoms with E-state index in [0.29, 0.717) is 6.07 Å². The maximum atomic E-state index is 15.0. The molecule has 11 heteroatoms. The number of methoxy groups -OCH3 is 1. The van der Waals surface area contributed by atoms with E-state index < -0.39 is 76.4 Å². The van der Waals surface area contributed by atoms with Crippen LogP contribution in [0.1, 0.15) is 37.8 Å². The van der Waals surface area contributed by atoms with E-state index >= 15 is 0 Å². The van der Waals surface area contributed by atoms with Gasteiger partial charge in [0.05, 0.1) is 41.5 Å². The van der Waals surface area contributed by atoms with Crippen LogP contribution >= 0.6 is 0 Å². The van der Waals surface area contributed by atoms with Gasteiger partial charge >= 0.3 is 18.1 Å². The third kappa shape index (κ3) is 4.86. The van der Waals surface area contributed by atoms with Gasteiger partial charge in [-0.2, -0.15) is 13.2 Å². The normalized spacial score (nSPS) is 17.1. The molecule has 0 spiro atoms. The zero-order valence-corrected chi connectivity index (χ0v) is 16.9. The summed E-state index contributed by atoms with van der Waals surface area (Å²) < 4.78 is 92.1. The molecule has 1 aromatic carbocycles. The van der Waals surface area contributed by atoms with E-state index in [0.717, 1.165) is 7.11 Å². The van der Waals surface area contributed by atoms with Crippen molar-refractivity contribution < 1.29 is 45.4 Å². The molecule has 1 aliphatic heterocycles. The van der Waals surface area contributed by atoms with Crippen LogP contribution in [-0.4, -0.2) is 31.8 Å². The van der Waals surface area contributed by atoms with E-state index in [9.17, 15) is 35.9 Å². The van der Waals surface area contributed by atoms with Crippen molar-refractivity contribution in [3.63, 3.8) is 0 Å². The monoisotopic (exact) mass is 451 g/mol. The van der Waals surface area contributed by atoms with Gasteiger partial charge in [0.25, 0.3) is 0 Å². The fourth-order valence-corrected chi connectivity index (χ4v) is 3.24. The standard InChI is InChI=1S/C20H19F6NO4/c1-8(2)31-19(29)14-9(3)27-13(7-21)16(18(28)30-4)15(14)11-5-10(22)6-12(17(11)23)20(24,25)26/h5-6,8,15,27H,7H2,1-4H3. The smallest absolute Gasteiger partial charge is 0.419 e. The Morgan fingerprint density at radius 2 is 1.74 bits per heavy atom. The number of rotatable bonds is 5. The number of esters is 2. The summed E-state index contributed by atoms with van der Waals surface area (Å²) in [5.74, 6) is -7.65. The second kappa shape index (κ2) is 9.03. The Morgan fingerprint density at radius 1 is 1.13 bits per heavy atom. The largest absolute Gasteiger partial charge is 0.466 e. The number of benzene rings is 1. The third-order valence-corrected chi connectivity index (χ3v) is 4.43. The van der Waals surface area contributed by atoms with Gasteiger partial charge < -0.3 is 14.8 Å². The first-order valence-electron chi connectivity index (χ1n) is 8.95. The van der Waals surface area contributed by atoms with Gasteiger partial charge in [0.2, 0.25) is 0 Å². The molecule has 0 bridgehead atoms. The summed E-state index contributed by atoms with van der Waals surface area (Å²) in [5, 5.41) is 2.46. The maximum Gasteiger partial charge on any atom is 0.419 e. The molecule has 5 nitrogen and oxygen atoms in total. The lowest BCUT2D eigenvalue weighted by Gasteiger charge is -2.31. The molecular weight excluding hydrogens is 432 g/mol. The molecule has 0 saturated heterocycles. The molecule has 0 aromatic heterocycles. The molecule has 0 fully saturated rings. The molecule has 0 saturated carbocycles. The van der Waals surface area contributed by atoms with Gasteiger partial charge in [-0.15, -0.1) is 0 Å². The minimum Gasteiger partial charge on any atom is -0.466 e. The summed E-state index contributed by atoms with van der Waals surface area (Å²) in [6.45, 7) is 2.89. The first-order valence-corrected chi connectivity index (χ1v) is 8.95. The summed E-state index contributed by atoms with van der Waals surface area (Å²) in [7, 11) is 0.905. The summed E-state index contributed by atoms with van der Waals surface area (Å²) in [4.78, 5) is 25.1. The third-order valence-electron chi connectivity index (χ3n) is 4.43. The number of hydrogen-bond donors (Lipinski definition) is 1. The van der Waals surface area contributed by atoms with E-state index in [1.807, 2.05) is 0 Å². The van der Waals surface area contributed by atoms with Crippen LogP contribution in [0.3, 0.4) is 0 Å². The van der Waals surface area contributed by atoms with E-state index in [-0.39, 0.29) is 11.8 Å². The molecule has 170 valence electrons. The van der Waals surface area contributed by atoms with Crippen LogP contribution in [0.2, 0.25) is 0 Å². The summed E-state index contributed by atoms with van der Waals surface area (Å²) in [6.07, 6.45) is -5.96. The lowest BCUT2D eigenvalue weighted by Crippen LogP contribution is -2.35. The van der Waals surface area contributed by atoms with Crippen molar-refractivity contribution >= 4 is 11.9 Å². The molecule has 1 N–H and O–H groups in total. The topological polar surface area (TPSA) is 64.6 Å². The number of allylic oxidation sites excluding steroid dienone is 2. The van der Waals surface area contributed by atoms with Crippen molar-refractivity contribution in [3.8, 4) is 0 Å². The molecule has 1 aromatic rings. The second-order valence-electron chi connectivity index (χ2n) is 6.92. The van der Waals surface area contributed by atoms with E-state index in [2.05, 4.69) is 10.1 Å². The Balaban J connectivity index is 2.90. The molecule has 0 radical (unpaired) electrons. The summed E-state index contributed by atoms with van der Waals surface area (Å²) in [6, 6.07) is 0.357. The van der Waals surface area contributed by atoms with Crippen LogP contribution in [0.15, 0.2) is 34.7 Å². The zero-order valence-electron chi connectivity index (χ0n) is 16.9. The Bertz CT molecular complexity index is 965. The zero-order chi connectivity index (χ0) is 23.7. The average molecular weight is 451 g/mol. The van der Waals surface area contributed by atoms with Crippen LogP contribution < -0.4 is 5.32 Å². The molecule has 1 unspecified atom stereocenters. The van der Waals surface area contributed by atoms with Crippen LogP contribution in [0.4, 0.5) is 26.3 Å². The number of halogens is 6. The van der Waals surface area contributed by atoms with Crippen LogP contribution in [0, 0.1) is 11.6 Å². The highest BCUT2D eigenvalue weighted by Gasteiger charge is 2.43. The highest BCUT2D eigenvalue weighted by Crippen LogP contribution is 2.43. The van der Waals surface area contributed by atoms with Crippen molar-refractivity contribution in [2.45, 2.75) is 39.0 Å². The van der Waals surface area contributed by atoms with Crippen molar-refractivity contribution in [2.24, 2.45) is 0 Å². The average Bonchev–Trinajstić information content (AvgIpc) is 2.66. The predicted molar refractivity (Wildman–Crippen MR) is 96.2 cm³/mol. The van der Waals surface area contributed by atoms with E-state index in [4.69, 9.17) is 4.74 Å². The van der Waals surface area contributed by atoms with E-state index in [1.54, 1.807) is 0 Å². The Hall–Kier alpha value is -2.98. The molecule has 1 aliphatic rings. The van der Waals surface area contributed by atoms with Crippen molar-refractivity contribution in [1.82, 2.24) is 5.32 Å². The second-order valence-corrected chi connectivity index (χ2v) is 6.92.